The van der Waals surface area contributed by atoms with Gasteiger partial charge in [0.2, 0.25) is 0 Å². The Labute approximate surface area is 117 Å². The molecule has 3 rings (SSSR count). The molecule has 0 aliphatic rings. The Morgan fingerprint density at radius 1 is 1.33 bits per heavy atom. The Balaban J connectivity index is 2.01. The number of hydrogen-bond donors (Lipinski definition) is 0. The van der Waals surface area contributed by atoms with Gasteiger partial charge >= 0.3 is 0 Å². The summed E-state index contributed by atoms with van der Waals surface area (Å²) in [5.41, 5.74) is 0.260. The molecule has 0 N–H and O–H groups in total. The van der Waals surface area contributed by atoms with Crippen LogP contribution in [0.3, 0.4) is 0 Å². The SMILES string of the molecule is Cn1ncc2c(Oc3ccc([N+](=O)[O-])cc3F)ccnc21. The minimum atomic E-state index is -0.807. The molecule has 0 aliphatic heterocycles. The molecule has 2 aromatic heterocycles. The Morgan fingerprint density at radius 3 is 2.86 bits per heavy atom. The summed E-state index contributed by atoms with van der Waals surface area (Å²) in [6, 6.07) is 4.79. The van der Waals surface area contributed by atoms with Gasteiger partial charge in [0.25, 0.3) is 5.69 Å². The largest absolute Gasteiger partial charge is 0.453 e. The summed E-state index contributed by atoms with van der Waals surface area (Å²) in [7, 11) is 1.73. The molecule has 0 unspecified atom stereocenters. The fraction of sp³-hybridized carbons (Fsp3) is 0.0769. The summed E-state index contributed by atoms with van der Waals surface area (Å²) < 4.78 is 20.9. The Bertz CT molecular complexity index is 847. The van der Waals surface area contributed by atoms with Crippen molar-refractivity contribution in [3.8, 4) is 11.5 Å². The molecular formula is C13H9FN4O3. The third-order valence-corrected chi connectivity index (χ3v) is 2.94. The molecule has 0 aliphatic carbocycles. The summed E-state index contributed by atoms with van der Waals surface area (Å²) in [5.74, 6) is -0.532. The summed E-state index contributed by atoms with van der Waals surface area (Å²) in [6.45, 7) is 0. The molecule has 0 amide bonds. The highest BCUT2D eigenvalue weighted by Crippen LogP contribution is 2.31. The van der Waals surface area contributed by atoms with Crippen LogP contribution in [0.4, 0.5) is 10.1 Å². The maximum Gasteiger partial charge on any atom is 0.272 e. The highest BCUT2D eigenvalue weighted by Gasteiger charge is 2.14. The number of fused-ring (bicyclic) bond motifs is 1. The van der Waals surface area contributed by atoms with Gasteiger partial charge in [-0.15, -0.1) is 0 Å². The lowest BCUT2D eigenvalue weighted by atomic mass is 10.3. The molecule has 7 nitrogen and oxygen atoms in total. The van der Waals surface area contributed by atoms with E-state index >= 15 is 0 Å². The van der Waals surface area contributed by atoms with Crippen LogP contribution in [0.5, 0.6) is 11.5 Å². The number of benzene rings is 1. The normalized spacial score (nSPS) is 10.8. The van der Waals surface area contributed by atoms with Crippen molar-refractivity contribution in [2.45, 2.75) is 0 Å². The van der Waals surface area contributed by atoms with Gasteiger partial charge in [-0.1, -0.05) is 0 Å². The van der Waals surface area contributed by atoms with E-state index in [1.807, 2.05) is 0 Å². The number of hydrogen-bond acceptors (Lipinski definition) is 5. The van der Waals surface area contributed by atoms with Crippen LogP contribution in [-0.4, -0.2) is 19.7 Å². The molecular weight excluding hydrogens is 279 g/mol. The van der Waals surface area contributed by atoms with Gasteiger partial charge in [0.05, 0.1) is 22.6 Å². The molecule has 106 valence electrons. The third kappa shape index (κ3) is 2.27. The summed E-state index contributed by atoms with van der Waals surface area (Å²) in [4.78, 5) is 14.1. The number of halogens is 1. The van der Waals surface area contributed by atoms with E-state index in [1.165, 1.54) is 18.3 Å². The molecule has 3 aromatic rings. The maximum atomic E-state index is 13.8. The summed E-state index contributed by atoms with van der Waals surface area (Å²) in [6.07, 6.45) is 3.07. The Morgan fingerprint density at radius 2 is 2.14 bits per heavy atom. The number of aromatic nitrogens is 3. The molecule has 0 radical (unpaired) electrons. The number of nitro benzene ring substituents is 1. The van der Waals surface area contributed by atoms with E-state index in [2.05, 4.69) is 10.1 Å². The first kappa shape index (κ1) is 13.0. The number of rotatable bonds is 3. The number of non-ortho nitro benzene ring substituents is 1. The van der Waals surface area contributed by atoms with Crippen LogP contribution < -0.4 is 4.74 Å². The predicted octanol–water partition coefficient (Wildman–Crippen LogP) is 2.81. The second-order valence-corrected chi connectivity index (χ2v) is 4.29. The lowest BCUT2D eigenvalue weighted by Gasteiger charge is -2.07. The fourth-order valence-electron chi connectivity index (χ4n) is 1.92. The van der Waals surface area contributed by atoms with E-state index in [-0.39, 0.29) is 11.4 Å². The molecule has 1 aromatic carbocycles. The fourth-order valence-corrected chi connectivity index (χ4v) is 1.92. The quantitative estimate of drug-likeness (QED) is 0.546. The standard InChI is InChI=1S/C13H9FN4O3/c1-17-13-9(7-16-17)11(4-5-15-13)21-12-3-2-8(18(19)20)6-10(12)14/h2-7H,1H3. The molecule has 8 heteroatoms. The first-order valence-electron chi connectivity index (χ1n) is 5.95. The Kier molecular flexibility index (Phi) is 2.98. The van der Waals surface area contributed by atoms with Crippen LogP contribution in [-0.2, 0) is 7.05 Å². The van der Waals surface area contributed by atoms with Gasteiger partial charge in [0.1, 0.15) is 5.75 Å². The van der Waals surface area contributed by atoms with Crippen molar-refractivity contribution >= 4 is 16.7 Å². The van der Waals surface area contributed by atoms with Gasteiger partial charge in [-0.25, -0.2) is 9.37 Å². The van der Waals surface area contributed by atoms with E-state index in [1.54, 1.807) is 24.0 Å². The third-order valence-electron chi connectivity index (χ3n) is 2.94. The zero-order valence-corrected chi connectivity index (χ0v) is 10.9. The first-order valence-corrected chi connectivity index (χ1v) is 5.95. The smallest absolute Gasteiger partial charge is 0.272 e. The predicted molar refractivity (Wildman–Crippen MR) is 71.6 cm³/mol. The highest BCUT2D eigenvalue weighted by atomic mass is 19.1. The van der Waals surface area contributed by atoms with Crippen LogP contribution in [0.25, 0.3) is 11.0 Å². The monoisotopic (exact) mass is 288 g/mol. The summed E-state index contributed by atoms with van der Waals surface area (Å²) in [5, 5.41) is 15.3. The first-order chi connectivity index (χ1) is 10.1. The van der Waals surface area contributed by atoms with E-state index < -0.39 is 10.7 Å². The van der Waals surface area contributed by atoms with Crippen LogP contribution in [0, 0.1) is 15.9 Å². The average Bonchev–Trinajstić information content (AvgIpc) is 2.84. The van der Waals surface area contributed by atoms with Gasteiger partial charge in [0, 0.05) is 19.3 Å². The van der Waals surface area contributed by atoms with Crippen LogP contribution >= 0.6 is 0 Å². The molecule has 0 spiro atoms. The van der Waals surface area contributed by atoms with E-state index in [9.17, 15) is 14.5 Å². The van der Waals surface area contributed by atoms with Gasteiger partial charge in [0.15, 0.2) is 17.2 Å². The van der Waals surface area contributed by atoms with E-state index in [4.69, 9.17) is 4.74 Å². The van der Waals surface area contributed by atoms with Crippen molar-refractivity contribution in [1.29, 1.82) is 0 Å². The zero-order chi connectivity index (χ0) is 15.0. The second-order valence-electron chi connectivity index (χ2n) is 4.29. The second kappa shape index (κ2) is 4.82. The Hall–Kier alpha value is -3.03. The number of aryl methyl sites for hydroxylation is 1. The number of nitro groups is 1. The maximum absolute atomic E-state index is 13.8. The van der Waals surface area contributed by atoms with E-state index in [0.29, 0.717) is 16.8 Å². The van der Waals surface area contributed by atoms with Crippen LogP contribution in [0.2, 0.25) is 0 Å². The summed E-state index contributed by atoms with van der Waals surface area (Å²) >= 11 is 0. The van der Waals surface area contributed by atoms with Crippen molar-refractivity contribution in [3.05, 3.63) is 52.6 Å². The number of pyridine rings is 1. The topological polar surface area (TPSA) is 83.1 Å². The van der Waals surface area contributed by atoms with Gasteiger partial charge in [-0.05, 0) is 12.1 Å². The minimum absolute atomic E-state index is 0.100. The lowest BCUT2D eigenvalue weighted by molar-refractivity contribution is -0.385. The average molecular weight is 288 g/mol. The molecule has 0 saturated carbocycles. The number of ether oxygens (including phenoxy) is 1. The van der Waals surface area contributed by atoms with Gasteiger partial charge < -0.3 is 4.74 Å². The lowest BCUT2D eigenvalue weighted by Crippen LogP contribution is -1.94. The molecule has 2 heterocycles. The van der Waals surface area contributed by atoms with Crippen LogP contribution in [0.1, 0.15) is 0 Å². The number of nitrogens with zero attached hydrogens (tertiary/aromatic N) is 4. The minimum Gasteiger partial charge on any atom is -0.453 e. The van der Waals surface area contributed by atoms with E-state index in [0.717, 1.165) is 6.07 Å². The van der Waals surface area contributed by atoms with Gasteiger partial charge in [-0.3, -0.25) is 14.8 Å². The molecule has 0 fully saturated rings. The highest BCUT2D eigenvalue weighted by molar-refractivity contribution is 5.81. The van der Waals surface area contributed by atoms with Crippen molar-refractivity contribution in [2.24, 2.45) is 7.05 Å². The van der Waals surface area contributed by atoms with Crippen molar-refractivity contribution in [1.82, 2.24) is 14.8 Å². The van der Waals surface area contributed by atoms with Crippen LogP contribution in [0.15, 0.2) is 36.7 Å². The van der Waals surface area contributed by atoms with Crippen molar-refractivity contribution < 1.29 is 14.1 Å². The van der Waals surface area contributed by atoms with Gasteiger partial charge in [-0.2, -0.15) is 5.10 Å². The van der Waals surface area contributed by atoms with Crippen molar-refractivity contribution in [2.75, 3.05) is 0 Å². The molecule has 21 heavy (non-hydrogen) atoms. The van der Waals surface area contributed by atoms with Crippen molar-refractivity contribution in [3.63, 3.8) is 0 Å². The molecule has 0 bridgehead atoms. The molecule has 0 atom stereocenters. The molecule has 0 saturated heterocycles. The zero-order valence-electron chi connectivity index (χ0n) is 10.9.